The second-order valence-corrected chi connectivity index (χ2v) is 12.6. The molecule has 1 fully saturated rings. The zero-order valence-corrected chi connectivity index (χ0v) is 26.5. The van der Waals surface area contributed by atoms with Gasteiger partial charge in [-0.2, -0.15) is 13.2 Å². The van der Waals surface area contributed by atoms with Crippen LogP contribution in [0.25, 0.3) is 22.2 Å². The highest BCUT2D eigenvalue weighted by Crippen LogP contribution is 2.48. The summed E-state index contributed by atoms with van der Waals surface area (Å²) in [5, 5.41) is 17.0. The van der Waals surface area contributed by atoms with Gasteiger partial charge < -0.3 is 29.6 Å². The van der Waals surface area contributed by atoms with Gasteiger partial charge in [-0.15, -0.1) is 0 Å². The van der Waals surface area contributed by atoms with Gasteiger partial charge in [0.25, 0.3) is 5.91 Å². The van der Waals surface area contributed by atoms with E-state index in [0.29, 0.717) is 22.2 Å². The quantitative estimate of drug-likeness (QED) is 0.159. The average Bonchev–Trinajstić information content (AvgIpc) is 3.63. The molecule has 0 unspecified atom stereocenters. The first-order valence-electron chi connectivity index (χ1n) is 15.7. The number of ether oxygens (including phenoxy) is 2. The number of nitrogens with one attached hydrogen (secondary N) is 2. The molecule has 0 spiro atoms. The van der Waals surface area contributed by atoms with Crippen LogP contribution in [0.5, 0.6) is 11.5 Å². The number of halogens is 4. The summed E-state index contributed by atoms with van der Waals surface area (Å²) in [5.74, 6) is -1.76. The molecule has 14 heteroatoms. The molecule has 0 bridgehead atoms. The number of hydrogen-bond acceptors (Lipinski definition) is 8. The summed E-state index contributed by atoms with van der Waals surface area (Å²) in [6.07, 6.45) is 0.670. The van der Waals surface area contributed by atoms with Gasteiger partial charge in [0, 0.05) is 40.4 Å². The fraction of sp³-hybridized carbons (Fsp3) is 0.278. The monoisotopic (exact) mass is 690 g/mol. The number of benzene rings is 2. The Hall–Kier alpha value is -5.50. The van der Waals surface area contributed by atoms with Crippen molar-refractivity contribution in [3.8, 4) is 22.8 Å². The molecule has 50 heavy (non-hydrogen) atoms. The number of fused-ring (bicyclic) bond motifs is 2. The molecule has 0 radical (unpaired) electrons. The first-order chi connectivity index (χ1) is 23.9. The molecule has 7 rings (SSSR count). The normalized spacial score (nSPS) is 18.2. The number of hydrogen-bond donors (Lipinski definition) is 3. The summed E-state index contributed by atoms with van der Waals surface area (Å²) in [7, 11) is 0. The highest BCUT2D eigenvalue weighted by Gasteiger charge is 2.58. The zero-order valence-electron chi connectivity index (χ0n) is 26.5. The van der Waals surface area contributed by atoms with Crippen molar-refractivity contribution in [3.63, 3.8) is 0 Å². The van der Waals surface area contributed by atoms with E-state index in [0.717, 1.165) is 31.0 Å². The maximum absolute atomic E-state index is 15.0. The van der Waals surface area contributed by atoms with Gasteiger partial charge in [0.2, 0.25) is 11.5 Å². The second kappa shape index (κ2) is 12.4. The number of rotatable bonds is 10. The summed E-state index contributed by atoms with van der Waals surface area (Å²) in [4.78, 5) is 35.5. The molecule has 2 aliphatic rings. The lowest BCUT2D eigenvalue weighted by Crippen LogP contribution is -2.52. The van der Waals surface area contributed by atoms with Crippen molar-refractivity contribution < 1.29 is 46.1 Å². The van der Waals surface area contributed by atoms with Crippen LogP contribution >= 0.6 is 0 Å². The molecule has 4 heterocycles. The number of carbonyl (C=O) groups is 2. The minimum absolute atomic E-state index is 0.00263. The minimum Gasteiger partial charge on any atom is -0.489 e. The first kappa shape index (κ1) is 33.0. The molecule has 2 aromatic carbocycles. The number of pyridine rings is 2. The van der Waals surface area contributed by atoms with E-state index >= 15 is 0 Å². The maximum atomic E-state index is 15.0. The van der Waals surface area contributed by atoms with E-state index in [4.69, 9.17) is 13.9 Å². The van der Waals surface area contributed by atoms with E-state index in [9.17, 15) is 32.3 Å². The number of amides is 2. The maximum Gasteiger partial charge on any atom is 0.424 e. The molecule has 2 atom stereocenters. The van der Waals surface area contributed by atoms with Gasteiger partial charge in [0.05, 0.1) is 30.9 Å². The van der Waals surface area contributed by atoms with Crippen LogP contribution in [0.15, 0.2) is 83.8 Å². The molecule has 5 aromatic rings. The zero-order chi connectivity index (χ0) is 35.3. The van der Waals surface area contributed by atoms with Crippen LogP contribution in [0.1, 0.15) is 46.9 Å². The lowest BCUT2D eigenvalue weighted by molar-refractivity contribution is -0.265. The van der Waals surface area contributed by atoms with E-state index in [1.165, 1.54) is 43.7 Å². The summed E-state index contributed by atoms with van der Waals surface area (Å²) in [6, 6.07) is 13.6. The van der Waals surface area contributed by atoms with Gasteiger partial charge >= 0.3 is 6.18 Å². The van der Waals surface area contributed by atoms with Crippen LogP contribution < -0.4 is 20.1 Å². The first-order valence-corrected chi connectivity index (χ1v) is 15.7. The number of carbonyl (C=O) groups excluding carboxylic acids is 2. The summed E-state index contributed by atoms with van der Waals surface area (Å²) in [5.41, 5.74) is -4.98. The lowest BCUT2D eigenvalue weighted by atomic mass is 9.81. The second-order valence-electron chi connectivity index (χ2n) is 12.6. The fourth-order valence-corrected chi connectivity index (χ4v) is 5.75. The Morgan fingerprint density at radius 1 is 1.08 bits per heavy atom. The Labute approximate surface area is 282 Å². The van der Waals surface area contributed by atoms with Crippen LogP contribution in [-0.2, 0) is 22.4 Å². The number of aliphatic hydroxyl groups is 1. The Balaban J connectivity index is 1.26. The number of aromatic nitrogens is 2. The summed E-state index contributed by atoms with van der Waals surface area (Å²) >= 11 is 0. The van der Waals surface area contributed by atoms with Crippen molar-refractivity contribution in [2.24, 2.45) is 0 Å². The standard InChI is InChI=1S/C36H30F4N4O6/c1-34(33(46)42-16-20-10-12-48-17-20)19-49-31-26(34)15-28(44-30(31)21-4-6-24(37)7-5-21)35(47,36(38,39)40)18-43-32(45)23-13-22-3-2-11-41-29(22)27(14-23)50-25-8-9-25/h2-7,10-15,17,25,47H,8-9,16,18-19H2,1H3,(H,42,46)(H,43,45)/t34-,35-/m0/s1. The summed E-state index contributed by atoms with van der Waals surface area (Å²) in [6.45, 7) is -0.0356. The molecule has 1 saturated carbocycles. The number of alkyl halides is 3. The van der Waals surface area contributed by atoms with Crippen molar-refractivity contribution in [2.75, 3.05) is 13.2 Å². The van der Waals surface area contributed by atoms with Gasteiger partial charge in [0.15, 0.2) is 0 Å². The van der Waals surface area contributed by atoms with Crippen molar-refractivity contribution in [1.29, 1.82) is 0 Å². The molecule has 0 saturated heterocycles. The van der Waals surface area contributed by atoms with E-state index < -0.39 is 47.1 Å². The van der Waals surface area contributed by atoms with Gasteiger partial charge in [-0.05, 0) is 74.4 Å². The molecular weight excluding hydrogens is 660 g/mol. The van der Waals surface area contributed by atoms with E-state index in [2.05, 4.69) is 20.6 Å². The van der Waals surface area contributed by atoms with Crippen LogP contribution in [-0.4, -0.2) is 52.3 Å². The van der Waals surface area contributed by atoms with Crippen molar-refractivity contribution in [3.05, 3.63) is 108 Å². The van der Waals surface area contributed by atoms with Gasteiger partial charge in [-0.3, -0.25) is 14.6 Å². The minimum atomic E-state index is -5.37. The number of nitrogens with zero attached hydrogens (tertiary/aromatic N) is 2. The topological polar surface area (TPSA) is 136 Å². The Kier molecular flexibility index (Phi) is 8.21. The summed E-state index contributed by atoms with van der Waals surface area (Å²) < 4.78 is 75.7. The van der Waals surface area contributed by atoms with Crippen LogP contribution in [0.4, 0.5) is 17.6 Å². The average molecular weight is 691 g/mol. The third kappa shape index (κ3) is 6.10. The van der Waals surface area contributed by atoms with Crippen molar-refractivity contribution in [1.82, 2.24) is 20.6 Å². The Bertz CT molecular complexity index is 2090. The SMILES string of the molecule is C[C@]1(C(=O)NCc2ccoc2)COc2c1cc([C@@](O)(CNC(=O)c1cc(OC3CC3)c3ncccc3c1)C(F)(F)F)nc2-c1ccc(F)cc1. The molecule has 258 valence electrons. The predicted octanol–water partition coefficient (Wildman–Crippen LogP) is 5.72. The molecule has 1 aliphatic heterocycles. The predicted molar refractivity (Wildman–Crippen MR) is 171 cm³/mol. The fourth-order valence-electron chi connectivity index (χ4n) is 5.75. The third-order valence-corrected chi connectivity index (χ3v) is 8.87. The van der Waals surface area contributed by atoms with E-state index in [1.807, 2.05) is 0 Å². The molecule has 1 aliphatic carbocycles. The smallest absolute Gasteiger partial charge is 0.424 e. The molecule has 2 amide bonds. The van der Waals surface area contributed by atoms with Gasteiger partial charge in [0.1, 0.15) is 40.5 Å². The highest BCUT2D eigenvalue weighted by atomic mass is 19.4. The van der Waals surface area contributed by atoms with Crippen LogP contribution in [0.3, 0.4) is 0 Å². The largest absolute Gasteiger partial charge is 0.489 e. The van der Waals surface area contributed by atoms with Gasteiger partial charge in [-0.1, -0.05) is 6.07 Å². The third-order valence-electron chi connectivity index (χ3n) is 8.87. The Morgan fingerprint density at radius 2 is 1.86 bits per heavy atom. The lowest BCUT2D eigenvalue weighted by Gasteiger charge is -2.31. The van der Waals surface area contributed by atoms with Crippen LogP contribution in [0.2, 0.25) is 0 Å². The highest BCUT2D eigenvalue weighted by molar-refractivity contribution is 6.00. The molecule has 3 N–H and O–H groups in total. The molecule has 10 nitrogen and oxygen atoms in total. The number of furan rings is 1. The van der Waals surface area contributed by atoms with E-state index in [-0.39, 0.29) is 47.4 Å². The van der Waals surface area contributed by atoms with Crippen molar-refractivity contribution in [2.45, 2.75) is 49.6 Å². The van der Waals surface area contributed by atoms with Crippen LogP contribution in [0, 0.1) is 5.82 Å². The van der Waals surface area contributed by atoms with Gasteiger partial charge in [-0.25, -0.2) is 9.37 Å². The Morgan fingerprint density at radius 3 is 2.56 bits per heavy atom. The van der Waals surface area contributed by atoms with Crippen molar-refractivity contribution >= 4 is 22.7 Å². The van der Waals surface area contributed by atoms with E-state index in [1.54, 1.807) is 24.4 Å². The molecular formula is C36H30F4N4O6. The molecule has 3 aromatic heterocycles.